The van der Waals surface area contributed by atoms with Crippen molar-refractivity contribution in [2.45, 2.75) is 341 Å². The predicted octanol–water partition coefficient (Wildman–Crippen LogP) is 21.4. The fourth-order valence-electron chi connectivity index (χ4n) is 9.38. The van der Waals surface area contributed by atoms with Gasteiger partial charge >= 0.3 is 17.9 Å². The van der Waals surface area contributed by atoms with Gasteiger partial charge in [-0.1, -0.05) is 307 Å². The van der Waals surface area contributed by atoms with Gasteiger partial charge in [0.05, 0.1) is 0 Å². The van der Waals surface area contributed by atoms with Gasteiger partial charge in [0.1, 0.15) is 13.2 Å². The van der Waals surface area contributed by atoms with Crippen LogP contribution in [0.1, 0.15) is 335 Å². The van der Waals surface area contributed by atoms with Crippen molar-refractivity contribution in [3.05, 3.63) is 48.6 Å². The first kappa shape index (κ1) is 69.4. The molecule has 0 N–H and O–H groups in total. The van der Waals surface area contributed by atoms with Crippen LogP contribution < -0.4 is 0 Å². The van der Waals surface area contributed by atoms with Gasteiger partial charge < -0.3 is 14.2 Å². The van der Waals surface area contributed by atoms with E-state index in [1.165, 1.54) is 212 Å². The van der Waals surface area contributed by atoms with Gasteiger partial charge in [-0.25, -0.2) is 0 Å². The molecule has 6 nitrogen and oxygen atoms in total. The number of allylic oxidation sites excluding steroid dienone is 8. The quantitative estimate of drug-likeness (QED) is 0.0261. The SMILES string of the molecule is CC/C=C\C/C=C\C/C=C\C/C=C\CCCCCCCCCCCCC(=O)OCC(COC(=O)CCCCCCCCCCCCCCCC)OC(=O)CCCCCCCCCCCCCCCCCCC. The summed E-state index contributed by atoms with van der Waals surface area (Å²) >= 11 is 0. The van der Waals surface area contributed by atoms with Gasteiger partial charge in [0.25, 0.3) is 0 Å². The molecule has 6 heteroatoms. The highest BCUT2D eigenvalue weighted by Gasteiger charge is 2.19. The van der Waals surface area contributed by atoms with Crippen molar-refractivity contribution in [2.24, 2.45) is 0 Å². The van der Waals surface area contributed by atoms with Crippen molar-refractivity contribution >= 4 is 17.9 Å². The van der Waals surface area contributed by atoms with Gasteiger partial charge in [-0.2, -0.15) is 0 Å². The summed E-state index contributed by atoms with van der Waals surface area (Å²) in [5.41, 5.74) is 0. The van der Waals surface area contributed by atoms with E-state index in [1.807, 2.05) is 0 Å². The molecule has 1 unspecified atom stereocenters. The van der Waals surface area contributed by atoms with Crippen molar-refractivity contribution in [2.75, 3.05) is 13.2 Å². The number of carbonyl (C=O) groups is 3. The molecule has 0 aromatic rings. The minimum atomic E-state index is -0.771. The Morgan fingerprint density at radius 1 is 0.292 bits per heavy atom. The van der Waals surface area contributed by atoms with Gasteiger partial charge in [-0.3, -0.25) is 14.4 Å². The number of rotatable bonds is 58. The lowest BCUT2D eigenvalue weighted by Crippen LogP contribution is -2.30. The van der Waals surface area contributed by atoms with E-state index in [0.717, 1.165) is 83.5 Å². The Morgan fingerprint density at radius 3 is 0.847 bits per heavy atom. The molecule has 0 radical (unpaired) electrons. The number of hydrogen-bond donors (Lipinski definition) is 0. The van der Waals surface area contributed by atoms with Gasteiger partial charge in [0.15, 0.2) is 6.10 Å². The Kier molecular flexibility index (Phi) is 58.7. The second-order valence-corrected chi connectivity index (χ2v) is 21.3. The fourth-order valence-corrected chi connectivity index (χ4v) is 9.38. The molecule has 0 bridgehead atoms. The molecule has 420 valence electrons. The average Bonchev–Trinajstić information content (AvgIpc) is 3.38. The van der Waals surface area contributed by atoms with Crippen LogP contribution in [0.25, 0.3) is 0 Å². The number of hydrogen-bond acceptors (Lipinski definition) is 6. The van der Waals surface area contributed by atoms with Crippen molar-refractivity contribution < 1.29 is 28.6 Å². The van der Waals surface area contributed by atoms with Gasteiger partial charge in [-0.05, 0) is 57.8 Å². The second-order valence-electron chi connectivity index (χ2n) is 21.3. The highest BCUT2D eigenvalue weighted by molar-refractivity contribution is 5.71. The monoisotopic (exact) mass is 1010 g/mol. The van der Waals surface area contributed by atoms with Gasteiger partial charge in [0.2, 0.25) is 0 Å². The minimum absolute atomic E-state index is 0.0687. The summed E-state index contributed by atoms with van der Waals surface area (Å²) in [6.07, 6.45) is 75.4. The van der Waals surface area contributed by atoms with Crippen LogP contribution in [0.4, 0.5) is 0 Å². The molecule has 0 heterocycles. The van der Waals surface area contributed by atoms with Crippen LogP contribution in [-0.4, -0.2) is 37.2 Å². The molecular weight excluding hydrogens is 889 g/mol. The summed E-state index contributed by atoms with van der Waals surface area (Å²) in [4.78, 5) is 38.3. The first-order chi connectivity index (χ1) is 35.5. The van der Waals surface area contributed by atoms with Crippen LogP contribution in [0.2, 0.25) is 0 Å². The molecule has 0 aromatic heterocycles. The summed E-state index contributed by atoms with van der Waals surface area (Å²) in [5.74, 6) is -0.850. The van der Waals surface area contributed by atoms with Gasteiger partial charge in [-0.15, -0.1) is 0 Å². The molecule has 0 rings (SSSR count). The van der Waals surface area contributed by atoms with Crippen LogP contribution in [0.15, 0.2) is 48.6 Å². The minimum Gasteiger partial charge on any atom is -0.462 e. The highest BCUT2D eigenvalue weighted by atomic mass is 16.6. The maximum Gasteiger partial charge on any atom is 0.306 e. The summed E-state index contributed by atoms with van der Waals surface area (Å²) < 4.78 is 16.9. The normalized spacial score (nSPS) is 12.3. The van der Waals surface area contributed by atoms with E-state index < -0.39 is 6.10 Å². The summed E-state index contributed by atoms with van der Waals surface area (Å²) in [6, 6.07) is 0. The molecular formula is C66H120O6. The second kappa shape index (κ2) is 60.9. The van der Waals surface area contributed by atoms with Crippen molar-refractivity contribution in [1.29, 1.82) is 0 Å². The van der Waals surface area contributed by atoms with Crippen molar-refractivity contribution in [3.63, 3.8) is 0 Å². The Balaban J connectivity index is 4.30. The van der Waals surface area contributed by atoms with E-state index in [0.29, 0.717) is 19.3 Å². The Hall–Kier alpha value is -2.63. The number of carbonyl (C=O) groups excluding carboxylic acids is 3. The van der Waals surface area contributed by atoms with Crippen molar-refractivity contribution in [3.8, 4) is 0 Å². The summed E-state index contributed by atoms with van der Waals surface area (Å²) in [6.45, 7) is 6.58. The van der Waals surface area contributed by atoms with Crippen LogP contribution >= 0.6 is 0 Å². The molecule has 0 aromatic carbocycles. The largest absolute Gasteiger partial charge is 0.462 e. The zero-order chi connectivity index (χ0) is 52.2. The maximum absolute atomic E-state index is 12.9. The van der Waals surface area contributed by atoms with Crippen LogP contribution in [0.3, 0.4) is 0 Å². The number of esters is 3. The van der Waals surface area contributed by atoms with E-state index in [-0.39, 0.29) is 31.1 Å². The third-order valence-corrected chi connectivity index (χ3v) is 14.1. The topological polar surface area (TPSA) is 78.9 Å². The van der Waals surface area contributed by atoms with Crippen molar-refractivity contribution in [1.82, 2.24) is 0 Å². The molecule has 0 aliphatic heterocycles. The third-order valence-electron chi connectivity index (χ3n) is 14.1. The third kappa shape index (κ3) is 58.3. The first-order valence-corrected chi connectivity index (χ1v) is 31.6. The molecule has 0 saturated heterocycles. The van der Waals surface area contributed by atoms with E-state index in [2.05, 4.69) is 69.4 Å². The first-order valence-electron chi connectivity index (χ1n) is 31.6. The molecule has 1 atom stereocenters. The summed E-state index contributed by atoms with van der Waals surface area (Å²) in [5, 5.41) is 0. The molecule has 0 spiro atoms. The smallest absolute Gasteiger partial charge is 0.306 e. The van der Waals surface area contributed by atoms with E-state index in [1.54, 1.807) is 0 Å². The average molecular weight is 1010 g/mol. The maximum atomic E-state index is 12.9. The zero-order valence-corrected chi connectivity index (χ0v) is 48.2. The van der Waals surface area contributed by atoms with E-state index in [4.69, 9.17) is 14.2 Å². The number of unbranched alkanes of at least 4 members (excludes halogenated alkanes) is 39. The molecule has 0 amide bonds. The zero-order valence-electron chi connectivity index (χ0n) is 48.2. The van der Waals surface area contributed by atoms with Crippen LogP contribution in [-0.2, 0) is 28.6 Å². The molecule has 0 aliphatic rings. The fraction of sp³-hybridized carbons (Fsp3) is 0.833. The Labute approximate surface area is 448 Å². The predicted molar refractivity (Wildman–Crippen MR) is 312 cm³/mol. The lowest BCUT2D eigenvalue weighted by Gasteiger charge is -2.18. The molecule has 0 saturated carbocycles. The van der Waals surface area contributed by atoms with E-state index >= 15 is 0 Å². The van der Waals surface area contributed by atoms with Crippen LogP contribution in [0, 0.1) is 0 Å². The van der Waals surface area contributed by atoms with Crippen LogP contribution in [0.5, 0.6) is 0 Å². The molecule has 72 heavy (non-hydrogen) atoms. The highest BCUT2D eigenvalue weighted by Crippen LogP contribution is 2.17. The molecule has 0 fully saturated rings. The standard InChI is InChI=1S/C66H120O6/c1-4-7-10-13-16-19-22-25-28-30-31-32-33-34-35-37-38-41-44-47-50-53-56-59-65(68)71-62-63(61-70-64(67)58-55-52-49-46-43-40-27-24-21-18-15-12-9-6-3)72-66(69)60-57-54-51-48-45-42-39-36-29-26-23-20-17-14-11-8-5-2/h7,10,16,19,25,28,31-32,63H,4-6,8-9,11-15,17-18,20-24,26-27,29-30,33-62H2,1-3H3/b10-7-,19-16-,28-25-,32-31-. The lowest BCUT2D eigenvalue weighted by atomic mass is 10.0. The molecule has 0 aliphatic carbocycles. The number of ether oxygens (including phenoxy) is 3. The van der Waals surface area contributed by atoms with E-state index in [9.17, 15) is 14.4 Å². The Morgan fingerprint density at radius 2 is 0.542 bits per heavy atom. The Bertz CT molecular complexity index is 1250. The lowest BCUT2D eigenvalue weighted by molar-refractivity contribution is -0.167. The summed E-state index contributed by atoms with van der Waals surface area (Å²) in [7, 11) is 0. The van der Waals surface area contributed by atoms with Gasteiger partial charge in [0, 0.05) is 19.3 Å².